The molecule has 0 saturated carbocycles. The summed E-state index contributed by atoms with van der Waals surface area (Å²) in [7, 11) is 0. The van der Waals surface area contributed by atoms with Crippen molar-refractivity contribution in [3.05, 3.63) is 88.3 Å². The van der Waals surface area contributed by atoms with Crippen LogP contribution >= 0.6 is 15.9 Å². The number of halogens is 1. The van der Waals surface area contributed by atoms with E-state index >= 15 is 0 Å². The van der Waals surface area contributed by atoms with Crippen LogP contribution in [0.4, 0.5) is 0 Å². The fourth-order valence-corrected chi connectivity index (χ4v) is 2.51. The van der Waals surface area contributed by atoms with E-state index in [1.165, 1.54) is 18.5 Å². The number of furan rings is 1. The molecule has 1 aromatic heterocycles. The number of nitrogens with one attached hydrogen (secondary N) is 2. The summed E-state index contributed by atoms with van der Waals surface area (Å²) < 4.78 is 11.1. The Kier molecular flexibility index (Phi) is 7.12. The SMILES string of the molecule is O=C(CNC(=O)c1ccco1)NN=Cc1ccc(OC(=O)c2ccc(Br)cc2)cc1. The molecule has 30 heavy (non-hydrogen) atoms. The van der Waals surface area contributed by atoms with Crippen molar-refractivity contribution in [1.82, 2.24) is 10.7 Å². The van der Waals surface area contributed by atoms with Crippen LogP contribution in [-0.2, 0) is 4.79 Å². The highest BCUT2D eigenvalue weighted by Gasteiger charge is 2.10. The first-order valence-corrected chi connectivity index (χ1v) is 9.52. The molecule has 1 heterocycles. The Morgan fingerprint density at radius 2 is 1.77 bits per heavy atom. The largest absolute Gasteiger partial charge is 0.459 e. The van der Waals surface area contributed by atoms with Crippen LogP contribution < -0.4 is 15.5 Å². The topological polar surface area (TPSA) is 110 Å². The van der Waals surface area contributed by atoms with Gasteiger partial charge in [-0.15, -0.1) is 0 Å². The summed E-state index contributed by atoms with van der Waals surface area (Å²) in [5, 5.41) is 6.22. The van der Waals surface area contributed by atoms with Crippen molar-refractivity contribution in [2.45, 2.75) is 0 Å². The summed E-state index contributed by atoms with van der Waals surface area (Å²) in [6.45, 7) is -0.248. The number of hydrazone groups is 1. The van der Waals surface area contributed by atoms with E-state index in [0.717, 1.165) is 4.47 Å². The number of ether oxygens (including phenoxy) is 1. The van der Waals surface area contributed by atoms with Gasteiger partial charge in [-0.2, -0.15) is 5.10 Å². The highest BCUT2D eigenvalue weighted by molar-refractivity contribution is 9.10. The lowest BCUT2D eigenvalue weighted by molar-refractivity contribution is -0.120. The first-order chi connectivity index (χ1) is 14.5. The standard InChI is InChI=1S/C21H16BrN3O5/c22-16-7-5-15(6-8-16)21(28)30-17-9-3-14(4-10-17)12-24-25-19(26)13-23-20(27)18-2-1-11-29-18/h1-12H,13H2,(H,23,27)(H,25,26). The molecule has 2 N–H and O–H groups in total. The highest BCUT2D eigenvalue weighted by atomic mass is 79.9. The summed E-state index contributed by atoms with van der Waals surface area (Å²) in [5.41, 5.74) is 3.42. The third kappa shape index (κ3) is 6.14. The van der Waals surface area contributed by atoms with E-state index in [0.29, 0.717) is 16.9 Å². The van der Waals surface area contributed by atoms with E-state index in [9.17, 15) is 14.4 Å². The van der Waals surface area contributed by atoms with Gasteiger partial charge in [-0.1, -0.05) is 15.9 Å². The van der Waals surface area contributed by atoms with E-state index in [1.54, 1.807) is 54.6 Å². The van der Waals surface area contributed by atoms with Crippen LogP contribution in [0.15, 0.2) is 80.9 Å². The van der Waals surface area contributed by atoms with Crippen molar-refractivity contribution in [2.24, 2.45) is 5.10 Å². The molecule has 0 unspecified atom stereocenters. The number of esters is 1. The van der Waals surface area contributed by atoms with Crippen molar-refractivity contribution in [2.75, 3.05) is 6.54 Å². The van der Waals surface area contributed by atoms with E-state index in [2.05, 4.69) is 31.8 Å². The second kappa shape index (κ2) is 10.2. The summed E-state index contributed by atoms with van der Waals surface area (Å²) in [4.78, 5) is 35.5. The Morgan fingerprint density at radius 3 is 2.43 bits per heavy atom. The number of carbonyl (C=O) groups is 3. The van der Waals surface area contributed by atoms with E-state index in [-0.39, 0.29) is 12.3 Å². The van der Waals surface area contributed by atoms with Gasteiger partial charge in [-0.05, 0) is 66.2 Å². The average molecular weight is 470 g/mol. The summed E-state index contributed by atoms with van der Waals surface area (Å²) in [6.07, 6.45) is 2.79. The third-order valence-corrected chi connectivity index (χ3v) is 4.26. The molecule has 3 aromatic rings. The van der Waals surface area contributed by atoms with Crippen LogP contribution in [0.25, 0.3) is 0 Å². The van der Waals surface area contributed by atoms with Crippen LogP contribution in [0.3, 0.4) is 0 Å². The first-order valence-electron chi connectivity index (χ1n) is 8.73. The first kappa shape index (κ1) is 21.0. The number of benzene rings is 2. The van der Waals surface area contributed by atoms with Crippen LogP contribution in [0, 0.1) is 0 Å². The zero-order valence-electron chi connectivity index (χ0n) is 15.5. The van der Waals surface area contributed by atoms with Gasteiger partial charge in [0, 0.05) is 4.47 Å². The Labute approximate surface area is 180 Å². The maximum Gasteiger partial charge on any atom is 0.343 e. The van der Waals surface area contributed by atoms with Gasteiger partial charge in [0.05, 0.1) is 24.6 Å². The van der Waals surface area contributed by atoms with Gasteiger partial charge in [0.25, 0.3) is 11.8 Å². The maximum absolute atomic E-state index is 12.1. The van der Waals surface area contributed by atoms with Gasteiger partial charge in [0.2, 0.25) is 0 Å². The highest BCUT2D eigenvalue weighted by Crippen LogP contribution is 2.15. The Bertz CT molecular complexity index is 1050. The fraction of sp³-hybridized carbons (Fsp3) is 0.0476. The molecule has 0 aliphatic rings. The van der Waals surface area contributed by atoms with E-state index in [4.69, 9.17) is 9.15 Å². The van der Waals surface area contributed by atoms with Crippen LogP contribution in [0.1, 0.15) is 26.5 Å². The van der Waals surface area contributed by atoms with Crippen molar-refractivity contribution >= 4 is 39.9 Å². The van der Waals surface area contributed by atoms with Gasteiger partial charge < -0.3 is 14.5 Å². The van der Waals surface area contributed by atoms with E-state index in [1.807, 2.05) is 0 Å². The van der Waals surface area contributed by atoms with Gasteiger partial charge in [-0.3, -0.25) is 9.59 Å². The second-order valence-electron chi connectivity index (χ2n) is 5.92. The minimum atomic E-state index is -0.494. The molecule has 3 rings (SSSR count). The summed E-state index contributed by atoms with van der Waals surface area (Å²) >= 11 is 3.31. The lowest BCUT2D eigenvalue weighted by Crippen LogP contribution is -2.34. The van der Waals surface area contributed by atoms with E-state index < -0.39 is 17.8 Å². The monoisotopic (exact) mass is 469 g/mol. The Morgan fingerprint density at radius 1 is 1.03 bits per heavy atom. The minimum absolute atomic E-state index is 0.118. The lowest BCUT2D eigenvalue weighted by Gasteiger charge is -2.05. The number of carbonyl (C=O) groups excluding carboxylic acids is 3. The van der Waals surface area contributed by atoms with Gasteiger partial charge >= 0.3 is 5.97 Å². The maximum atomic E-state index is 12.1. The molecule has 0 fully saturated rings. The molecule has 0 saturated heterocycles. The molecule has 0 spiro atoms. The third-order valence-electron chi connectivity index (χ3n) is 3.73. The Hall–Kier alpha value is -3.72. The molecule has 0 radical (unpaired) electrons. The molecule has 8 nitrogen and oxygen atoms in total. The lowest BCUT2D eigenvalue weighted by atomic mass is 10.2. The van der Waals surface area contributed by atoms with Gasteiger partial charge in [0.15, 0.2) is 5.76 Å². The number of rotatable bonds is 7. The Balaban J connectivity index is 1.44. The molecule has 2 amide bonds. The average Bonchev–Trinajstić information content (AvgIpc) is 3.29. The zero-order valence-corrected chi connectivity index (χ0v) is 17.1. The molecule has 152 valence electrons. The van der Waals surface area contributed by atoms with Gasteiger partial charge in [-0.25, -0.2) is 10.2 Å². The van der Waals surface area contributed by atoms with Crippen molar-refractivity contribution in [1.29, 1.82) is 0 Å². The van der Waals surface area contributed by atoms with Crippen LogP contribution in [0.5, 0.6) is 5.75 Å². The zero-order chi connectivity index (χ0) is 21.3. The molecule has 2 aromatic carbocycles. The normalized spacial score (nSPS) is 10.6. The predicted octanol–water partition coefficient (Wildman–Crippen LogP) is 3.14. The molecular formula is C21H16BrN3O5. The smallest absolute Gasteiger partial charge is 0.343 e. The van der Waals surface area contributed by atoms with Crippen molar-refractivity contribution in [3.63, 3.8) is 0 Å². The molecule has 9 heteroatoms. The summed E-state index contributed by atoms with van der Waals surface area (Å²) in [6, 6.07) is 16.5. The molecule has 0 atom stereocenters. The number of hydrogen-bond donors (Lipinski definition) is 2. The number of hydrogen-bond acceptors (Lipinski definition) is 6. The van der Waals surface area contributed by atoms with Crippen LogP contribution in [0.2, 0.25) is 0 Å². The second-order valence-corrected chi connectivity index (χ2v) is 6.83. The van der Waals surface area contributed by atoms with Crippen molar-refractivity contribution in [3.8, 4) is 5.75 Å². The molecular weight excluding hydrogens is 454 g/mol. The molecule has 0 aliphatic carbocycles. The minimum Gasteiger partial charge on any atom is -0.459 e. The number of amides is 2. The summed E-state index contributed by atoms with van der Waals surface area (Å²) in [5.74, 6) is -0.955. The van der Waals surface area contributed by atoms with Crippen molar-refractivity contribution < 1.29 is 23.5 Å². The number of nitrogens with zero attached hydrogens (tertiary/aromatic N) is 1. The molecule has 0 bridgehead atoms. The quantitative estimate of drug-likeness (QED) is 0.239. The molecule has 0 aliphatic heterocycles. The van der Waals surface area contributed by atoms with Crippen LogP contribution in [-0.4, -0.2) is 30.5 Å². The fourth-order valence-electron chi connectivity index (χ4n) is 2.25. The van der Waals surface area contributed by atoms with Gasteiger partial charge in [0.1, 0.15) is 5.75 Å². The predicted molar refractivity (Wildman–Crippen MR) is 112 cm³/mol.